The number of rotatable bonds is 4. The summed E-state index contributed by atoms with van der Waals surface area (Å²) >= 11 is 0. The van der Waals surface area contributed by atoms with Gasteiger partial charge in [-0.1, -0.05) is 0 Å². The molecule has 0 unspecified atom stereocenters. The molecule has 4 heteroatoms. The van der Waals surface area contributed by atoms with E-state index in [0.29, 0.717) is 6.54 Å². The fourth-order valence-corrected chi connectivity index (χ4v) is 2.50. The number of fused-ring (bicyclic) bond motifs is 1. The van der Waals surface area contributed by atoms with Crippen LogP contribution in [-0.4, -0.2) is 18.2 Å². The SMILES string of the molecule is COc1cc(C)c2c(c1)cc(CCCN)c(=O)n2C. The lowest BCUT2D eigenvalue weighted by Gasteiger charge is -2.12. The molecule has 0 aliphatic carbocycles. The monoisotopic (exact) mass is 260 g/mol. The fourth-order valence-electron chi connectivity index (χ4n) is 2.50. The lowest BCUT2D eigenvalue weighted by atomic mass is 10.0. The summed E-state index contributed by atoms with van der Waals surface area (Å²) in [6.07, 6.45) is 1.54. The van der Waals surface area contributed by atoms with Gasteiger partial charge in [0, 0.05) is 18.0 Å². The highest BCUT2D eigenvalue weighted by atomic mass is 16.5. The van der Waals surface area contributed by atoms with Crippen molar-refractivity contribution in [2.75, 3.05) is 13.7 Å². The number of hydrogen-bond acceptors (Lipinski definition) is 3. The Balaban J connectivity index is 2.69. The summed E-state index contributed by atoms with van der Waals surface area (Å²) in [5.41, 5.74) is 8.40. The molecule has 19 heavy (non-hydrogen) atoms. The van der Waals surface area contributed by atoms with E-state index in [1.54, 1.807) is 11.7 Å². The molecule has 0 bridgehead atoms. The Morgan fingerprint density at radius 3 is 2.68 bits per heavy atom. The highest BCUT2D eigenvalue weighted by Crippen LogP contribution is 2.24. The van der Waals surface area contributed by atoms with Crippen LogP contribution in [0.15, 0.2) is 23.0 Å². The molecule has 2 aromatic rings. The third-order valence-corrected chi connectivity index (χ3v) is 3.43. The van der Waals surface area contributed by atoms with Gasteiger partial charge in [0.2, 0.25) is 0 Å². The molecule has 4 nitrogen and oxygen atoms in total. The average Bonchev–Trinajstić information content (AvgIpc) is 2.40. The smallest absolute Gasteiger partial charge is 0.253 e. The van der Waals surface area contributed by atoms with Gasteiger partial charge in [-0.15, -0.1) is 0 Å². The van der Waals surface area contributed by atoms with Gasteiger partial charge < -0.3 is 15.0 Å². The maximum Gasteiger partial charge on any atom is 0.253 e. The second kappa shape index (κ2) is 5.45. The standard InChI is InChI=1S/C15H20N2O2/c1-10-7-13(19-3)9-12-8-11(5-4-6-16)15(18)17(2)14(10)12/h7-9H,4-6,16H2,1-3H3. The summed E-state index contributed by atoms with van der Waals surface area (Å²) in [4.78, 5) is 12.3. The van der Waals surface area contributed by atoms with Gasteiger partial charge in [-0.25, -0.2) is 0 Å². The Bertz CT molecular complexity index is 659. The first-order chi connectivity index (χ1) is 9.08. The highest BCUT2D eigenvalue weighted by molar-refractivity contribution is 5.84. The number of pyridine rings is 1. The third-order valence-electron chi connectivity index (χ3n) is 3.43. The van der Waals surface area contributed by atoms with Gasteiger partial charge in [-0.05, 0) is 50.1 Å². The van der Waals surface area contributed by atoms with Crippen molar-refractivity contribution in [3.05, 3.63) is 39.7 Å². The summed E-state index contributed by atoms with van der Waals surface area (Å²) < 4.78 is 7.01. The van der Waals surface area contributed by atoms with E-state index >= 15 is 0 Å². The van der Waals surface area contributed by atoms with E-state index in [9.17, 15) is 4.79 Å². The molecular weight excluding hydrogens is 240 g/mol. The van der Waals surface area contributed by atoms with Gasteiger partial charge in [-0.2, -0.15) is 0 Å². The Morgan fingerprint density at radius 2 is 2.05 bits per heavy atom. The minimum absolute atomic E-state index is 0.0641. The van der Waals surface area contributed by atoms with Crippen LogP contribution in [0.1, 0.15) is 17.5 Å². The summed E-state index contributed by atoms with van der Waals surface area (Å²) in [5, 5.41) is 1.03. The molecule has 2 N–H and O–H groups in total. The molecule has 102 valence electrons. The topological polar surface area (TPSA) is 57.2 Å². The number of nitrogens with two attached hydrogens (primary N) is 1. The van der Waals surface area contributed by atoms with Crippen molar-refractivity contribution in [3.63, 3.8) is 0 Å². The van der Waals surface area contributed by atoms with Crippen molar-refractivity contribution in [1.82, 2.24) is 4.57 Å². The van der Waals surface area contributed by atoms with E-state index in [4.69, 9.17) is 10.5 Å². The van der Waals surface area contributed by atoms with Crippen LogP contribution in [0.4, 0.5) is 0 Å². The van der Waals surface area contributed by atoms with E-state index < -0.39 is 0 Å². The number of aryl methyl sites for hydroxylation is 3. The van der Waals surface area contributed by atoms with Crippen LogP contribution in [-0.2, 0) is 13.5 Å². The molecule has 0 aliphatic heterocycles. The van der Waals surface area contributed by atoms with E-state index in [2.05, 4.69) is 0 Å². The largest absolute Gasteiger partial charge is 0.497 e. The number of aromatic nitrogens is 1. The van der Waals surface area contributed by atoms with E-state index in [1.807, 2.05) is 32.2 Å². The zero-order valence-electron chi connectivity index (χ0n) is 11.7. The first kappa shape index (κ1) is 13.6. The minimum atomic E-state index is 0.0641. The van der Waals surface area contributed by atoms with Crippen molar-refractivity contribution in [2.24, 2.45) is 12.8 Å². The van der Waals surface area contributed by atoms with Gasteiger partial charge >= 0.3 is 0 Å². The first-order valence-electron chi connectivity index (χ1n) is 6.45. The molecule has 1 heterocycles. The van der Waals surface area contributed by atoms with E-state index in [0.717, 1.165) is 40.6 Å². The van der Waals surface area contributed by atoms with Crippen LogP contribution in [0.5, 0.6) is 5.75 Å². The fraction of sp³-hybridized carbons (Fsp3) is 0.400. The van der Waals surface area contributed by atoms with Crippen molar-refractivity contribution >= 4 is 10.9 Å². The van der Waals surface area contributed by atoms with Crippen LogP contribution in [0, 0.1) is 6.92 Å². The molecule has 0 spiro atoms. The Hall–Kier alpha value is -1.81. The van der Waals surface area contributed by atoms with Crippen molar-refractivity contribution < 1.29 is 4.74 Å². The molecule has 0 radical (unpaired) electrons. The maximum absolute atomic E-state index is 12.3. The lowest BCUT2D eigenvalue weighted by molar-refractivity contribution is 0.415. The van der Waals surface area contributed by atoms with Gasteiger partial charge in [-0.3, -0.25) is 4.79 Å². The molecule has 1 aromatic heterocycles. The van der Waals surface area contributed by atoms with Gasteiger partial charge in [0.1, 0.15) is 5.75 Å². The molecule has 0 atom stereocenters. The van der Waals surface area contributed by atoms with Gasteiger partial charge in [0.15, 0.2) is 0 Å². The molecule has 0 saturated carbocycles. The van der Waals surface area contributed by atoms with Crippen molar-refractivity contribution in [1.29, 1.82) is 0 Å². The molecular formula is C15H20N2O2. The Kier molecular flexibility index (Phi) is 3.90. The van der Waals surface area contributed by atoms with E-state index in [1.165, 1.54) is 0 Å². The molecule has 0 aliphatic rings. The molecule has 0 fully saturated rings. The van der Waals surface area contributed by atoms with Gasteiger partial charge in [0.25, 0.3) is 5.56 Å². The zero-order chi connectivity index (χ0) is 14.0. The lowest BCUT2D eigenvalue weighted by Crippen LogP contribution is -2.22. The molecule has 0 amide bonds. The van der Waals surface area contributed by atoms with Crippen LogP contribution in [0.25, 0.3) is 10.9 Å². The normalized spacial score (nSPS) is 10.9. The second-order valence-electron chi connectivity index (χ2n) is 4.81. The van der Waals surface area contributed by atoms with Crippen LogP contribution >= 0.6 is 0 Å². The Morgan fingerprint density at radius 1 is 1.32 bits per heavy atom. The number of ether oxygens (including phenoxy) is 1. The van der Waals surface area contributed by atoms with Crippen LogP contribution in [0.2, 0.25) is 0 Å². The van der Waals surface area contributed by atoms with E-state index in [-0.39, 0.29) is 5.56 Å². The molecule has 0 saturated heterocycles. The predicted molar refractivity (Wildman–Crippen MR) is 77.9 cm³/mol. The highest BCUT2D eigenvalue weighted by Gasteiger charge is 2.10. The summed E-state index contributed by atoms with van der Waals surface area (Å²) in [6.45, 7) is 2.59. The average molecular weight is 260 g/mol. The summed E-state index contributed by atoms with van der Waals surface area (Å²) in [5.74, 6) is 0.813. The molecule has 2 rings (SSSR count). The van der Waals surface area contributed by atoms with Gasteiger partial charge in [0.05, 0.1) is 12.6 Å². The number of methoxy groups -OCH3 is 1. The first-order valence-corrected chi connectivity index (χ1v) is 6.45. The van der Waals surface area contributed by atoms with Crippen molar-refractivity contribution in [3.8, 4) is 5.75 Å². The zero-order valence-corrected chi connectivity index (χ0v) is 11.7. The minimum Gasteiger partial charge on any atom is -0.497 e. The second-order valence-corrected chi connectivity index (χ2v) is 4.81. The summed E-state index contributed by atoms with van der Waals surface area (Å²) in [7, 11) is 3.47. The number of hydrogen-bond donors (Lipinski definition) is 1. The third kappa shape index (κ3) is 2.49. The Labute approximate surface area is 112 Å². The maximum atomic E-state index is 12.3. The molecule has 1 aromatic carbocycles. The predicted octanol–water partition coefficient (Wildman–Crippen LogP) is 1.75. The van der Waals surface area contributed by atoms with Crippen LogP contribution in [0.3, 0.4) is 0 Å². The number of nitrogens with zero attached hydrogens (tertiary/aromatic N) is 1. The van der Waals surface area contributed by atoms with Crippen LogP contribution < -0.4 is 16.0 Å². The number of benzene rings is 1. The summed E-state index contributed by atoms with van der Waals surface area (Å²) in [6, 6.07) is 5.87. The van der Waals surface area contributed by atoms with Crippen molar-refractivity contribution in [2.45, 2.75) is 19.8 Å². The quantitative estimate of drug-likeness (QED) is 0.911.